The first-order valence-corrected chi connectivity index (χ1v) is 1.38. The Hall–Kier alpha value is -0.310. The summed E-state index contributed by atoms with van der Waals surface area (Å²) in [5.41, 5.74) is 0. The highest BCUT2D eigenvalue weighted by molar-refractivity contribution is 4.43. The van der Waals surface area contributed by atoms with Gasteiger partial charge in [0, 0.05) is 0 Å². The monoisotopic (exact) mass is 149 g/mol. The van der Waals surface area contributed by atoms with Gasteiger partial charge >= 0.3 is 6.39 Å². The molecule has 0 aliphatic heterocycles. The van der Waals surface area contributed by atoms with Crippen molar-refractivity contribution in [3.05, 3.63) is 18.9 Å². The van der Waals surface area contributed by atoms with E-state index in [4.69, 9.17) is 0 Å². The second-order valence-corrected chi connectivity index (χ2v) is 0.723. The molecule has 0 saturated heterocycles. The number of H-pyrrole nitrogens is 1. The quantitative estimate of drug-likeness (QED) is 0.389. The van der Waals surface area contributed by atoms with Crippen molar-refractivity contribution in [1.82, 2.24) is 0 Å². The van der Waals surface area contributed by atoms with E-state index in [9.17, 15) is 0 Å². The van der Waals surface area contributed by atoms with Crippen molar-refractivity contribution < 1.29 is 26.4 Å². The molecule has 0 atom stereocenters. The van der Waals surface area contributed by atoms with Crippen LogP contribution in [0.3, 0.4) is 0 Å². The van der Waals surface area contributed by atoms with Gasteiger partial charge in [-0.25, -0.2) is 0 Å². The minimum absolute atomic E-state index is 0. The van der Waals surface area contributed by atoms with Gasteiger partial charge in [0.15, 0.2) is 6.26 Å². The summed E-state index contributed by atoms with van der Waals surface area (Å²) in [6, 6.07) is 0. The molecule has 0 saturated carbocycles. The molecule has 0 aromatic carbocycles. The van der Waals surface area contributed by atoms with E-state index in [-0.39, 0.29) is 17.0 Å². The molecule has 0 aliphatic rings. The predicted octanol–water partition coefficient (Wildman–Crippen LogP) is -2.90. The molecular weight excluding hydrogens is 146 g/mol. The van der Waals surface area contributed by atoms with Crippen LogP contribution in [0.2, 0.25) is 0 Å². The summed E-state index contributed by atoms with van der Waals surface area (Å²) in [6.07, 6.45) is 4.78. The van der Waals surface area contributed by atoms with Gasteiger partial charge in [-0.3, -0.25) is 0 Å². The van der Waals surface area contributed by atoms with Gasteiger partial charge in [-0.15, -0.1) is 0 Å². The Balaban J connectivity index is 0.000000250. The van der Waals surface area contributed by atoms with Crippen LogP contribution in [0.1, 0.15) is 0 Å². The summed E-state index contributed by atoms with van der Waals surface area (Å²) in [6.45, 7) is 0. The number of hydrogen-bond donors (Lipinski definition) is 0. The largest absolute Gasteiger partial charge is 1.00 e. The first kappa shape index (κ1) is 5.69. The molecule has 0 bridgehead atoms. The Morgan fingerprint density at radius 2 is 2.33 bits per heavy atom. The Labute approximate surface area is 46.0 Å². The van der Waals surface area contributed by atoms with Crippen LogP contribution in [0.4, 0.5) is 0 Å². The van der Waals surface area contributed by atoms with Crippen LogP contribution in [-0.4, -0.2) is 0 Å². The Kier molecular flexibility index (Phi) is 2.75. The third-order valence-corrected chi connectivity index (χ3v) is 0.379. The van der Waals surface area contributed by atoms with Crippen LogP contribution in [0.15, 0.2) is 23.3 Å². The van der Waals surface area contributed by atoms with Gasteiger partial charge in [-0.1, -0.05) is 0 Å². The van der Waals surface area contributed by atoms with Crippen LogP contribution in [0.25, 0.3) is 0 Å². The second kappa shape index (κ2) is 2.90. The number of nitrogens with one attached hydrogen (secondary N) is 1. The molecule has 0 fully saturated rings. The van der Waals surface area contributed by atoms with E-state index in [1.807, 2.05) is 0 Å². The summed E-state index contributed by atoms with van der Waals surface area (Å²) < 4.78 is 4.53. The summed E-state index contributed by atoms with van der Waals surface area (Å²) in [7, 11) is 0. The fourth-order valence-corrected chi connectivity index (χ4v) is 0.196. The molecule has 0 spiro atoms. The van der Waals surface area contributed by atoms with E-state index in [2.05, 4.69) is 9.40 Å². The molecular formula is C3H4BrNO. The molecule has 0 amide bonds. The highest BCUT2D eigenvalue weighted by Gasteiger charge is 1.68. The van der Waals surface area contributed by atoms with E-state index in [0.717, 1.165) is 0 Å². The number of halogens is 1. The van der Waals surface area contributed by atoms with Crippen LogP contribution < -0.4 is 22.0 Å². The molecule has 6 heavy (non-hydrogen) atoms. The molecule has 1 rings (SSSR count). The van der Waals surface area contributed by atoms with E-state index < -0.39 is 0 Å². The number of aromatic nitrogens is 1. The topological polar surface area (TPSA) is 27.3 Å². The van der Waals surface area contributed by atoms with Gasteiger partial charge in [0.2, 0.25) is 6.20 Å². The minimum atomic E-state index is 0. The van der Waals surface area contributed by atoms with Gasteiger partial charge in [0.05, 0.1) is 0 Å². The first-order valence-electron chi connectivity index (χ1n) is 1.38. The maximum Gasteiger partial charge on any atom is 0.332 e. The third-order valence-electron chi connectivity index (χ3n) is 0.379. The zero-order chi connectivity index (χ0) is 3.54. The van der Waals surface area contributed by atoms with E-state index in [1.165, 1.54) is 6.39 Å². The molecule has 0 aliphatic carbocycles. The van der Waals surface area contributed by atoms with E-state index in [1.54, 1.807) is 12.5 Å². The van der Waals surface area contributed by atoms with Gasteiger partial charge in [-0.2, -0.15) is 4.98 Å². The molecule has 1 aromatic rings. The molecule has 34 valence electrons. The van der Waals surface area contributed by atoms with Crippen LogP contribution in [0, 0.1) is 0 Å². The van der Waals surface area contributed by atoms with Crippen molar-refractivity contribution in [3.63, 3.8) is 0 Å². The summed E-state index contributed by atoms with van der Waals surface area (Å²) >= 11 is 0. The lowest BCUT2D eigenvalue weighted by atomic mass is 11.0. The highest BCUT2D eigenvalue weighted by Crippen LogP contribution is 1.64. The maximum absolute atomic E-state index is 4.53. The van der Waals surface area contributed by atoms with E-state index in [0.29, 0.717) is 0 Å². The van der Waals surface area contributed by atoms with Crippen molar-refractivity contribution >= 4 is 0 Å². The summed E-state index contributed by atoms with van der Waals surface area (Å²) in [5, 5.41) is 0. The standard InChI is InChI=1S/C3H3NO.BrH/c1-2-5-3-4-1;/h1-3H;1H. The van der Waals surface area contributed by atoms with Crippen LogP contribution >= 0.6 is 0 Å². The zero-order valence-electron chi connectivity index (χ0n) is 3.02. The lowest BCUT2D eigenvalue weighted by Crippen LogP contribution is -3.00. The number of aromatic amines is 1. The average Bonchev–Trinajstić information content (AvgIpc) is 1.76. The maximum atomic E-state index is 4.53. The molecule has 3 heteroatoms. The van der Waals surface area contributed by atoms with Gasteiger partial charge in [0.25, 0.3) is 0 Å². The Bertz CT molecular complexity index is 67.3. The molecule has 2 nitrogen and oxygen atoms in total. The van der Waals surface area contributed by atoms with Crippen molar-refractivity contribution in [1.29, 1.82) is 0 Å². The van der Waals surface area contributed by atoms with Gasteiger partial charge < -0.3 is 21.4 Å². The zero-order valence-corrected chi connectivity index (χ0v) is 4.60. The SMILES string of the molecule is [Br-].c1coc[nH+]1. The van der Waals surface area contributed by atoms with E-state index >= 15 is 0 Å². The minimum Gasteiger partial charge on any atom is -1.00 e. The van der Waals surface area contributed by atoms with Crippen molar-refractivity contribution in [2.24, 2.45) is 0 Å². The number of hydrogen-bond acceptors (Lipinski definition) is 1. The highest BCUT2D eigenvalue weighted by atomic mass is 79.9. The normalized spacial score (nSPS) is 6.67. The Morgan fingerprint density at radius 1 is 1.50 bits per heavy atom. The summed E-state index contributed by atoms with van der Waals surface area (Å²) in [4.78, 5) is 2.69. The Morgan fingerprint density at radius 3 is 2.50 bits per heavy atom. The van der Waals surface area contributed by atoms with Crippen molar-refractivity contribution in [3.8, 4) is 0 Å². The predicted molar refractivity (Wildman–Crippen MR) is 15.3 cm³/mol. The smallest absolute Gasteiger partial charge is 0.332 e. The molecule has 0 radical (unpaired) electrons. The summed E-state index contributed by atoms with van der Waals surface area (Å²) in [5.74, 6) is 0. The number of rotatable bonds is 0. The van der Waals surface area contributed by atoms with Gasteiger partial charge in [-0.05, 0) is 0 Å². The third kappa shape index (κ3) is 1.21. The average molecular weight is 150 g/mol. The molecule has 0 unspecified atom stereocenters. The molecule has 1 aromatic heterocycles. The number of oxazole rings is 1. The van der Waals surface area contributed by atoms with Crippen LogP contribution in [0.5, 0.6) is 0 Å². The fourth-order valence-electron chi connectivity index (χ4n) is 0.196. The first-order chi connectivity index (χ1) is 2.50. The molecule has 1 heterocycles. The second-order valence-electron chi connectivity index (χ2n) is 0.723. The molecule has 1 N–H and O–H groups in total. The fraction of sp³-hybridized carbons (Fsp3) is 0. The lowest BCUT2D eigenvalue weighted by molar-refractivity contribution is -0.383. The van der Waals surface area contributed by atoms with Gasteiger partial charge in [0.1, 0.15) is 0 Å². The van der Waals surface area contributed by atoms with Crippen LogP contribution in [-0.2, 0) is 0 Å². The lowest BCUT2D eigenvalue weighted by Gasteiger charge is -1.40. The van der Waals surface area contributed by atoms with Crippen molar-refractivity contribution in [2.45, 2.75) is 0 Å². The van der Waals surface area contributed by atoms with Crippen molar-refractivity contribution in [2.75, 3.05) is 0 Å².